The zero-order valence-corrected chi connectivity index (χ0v) is 15.8. The summed E-state index contributed by atoms with van der Waals surface area (Å²) in [6.45, 7) is 1.06. The first-order valence-electron chi connectivity index (χ1n) is 9.72. The standard InChI is InChI=1S/C22H22F3N3O/c23-15-4-2-12(3-5-15)20-19(17-10-16(24)11-18(25)21(17)28-20)13-8-14(9-13)22(29)27-7-1-6-26/h2-5,10-11,13-14,28H,1,6-9,26H2,(H,27,29)/t13-,14-. The van der Waals surface area contributed by atoms with Crippen LogP contribution in [0.3, 0.4) is 0 Å². The van der Waals surface area contributed by atoms with E-state index in [2.05, 4.69) is 10.3 Å². The Labute approximate surface area is 166 Å². The molecular weight excluding hydrogens is 379 g/mol. The highest BCUT2D eigenvalue weighted by atomic mass is 19.1. The third-order valence-corrected chi connectivity index (χ3v) is 5.59. The lowest BCUT2D eigenvalue weighted by Crippen LogP contribution is -2.38. The Morgan fingerprint density at radius 3 is 2.52 bits per heavy atom. The first-order valence-corrected chi connectivity index (χ1v) is 9.72. The van der Waals surface area contributed by atoms with Crippen molar-refractivity contribution in [1.82, 2.24) is 10.3 Å². The molecule has 1 amide bonds. The molecule has 1 fully saturated rings. The van der Waals surface area contributed by atoms with Crippen LogP contribution >= 0.6 is 0 Å². The molecule has 0 spiro atoms. The van der Waals surface area contributed by atoms with Crippen molar-refractivity contribution in [3.05, 3.63) is 59.4 Å². The minimum Gasteiger partial charge on any atom is -0.356 e. The van der Waals surface area contributed by atoms with Crippen molar-refractivity contribution < 1.29 is 18.0 Å². The fraction of sp³-hybridized carbons (Fsp3) is 0.318. The molecule has 3 aromatic rings. The number of carbonyl (C=O) groups excluding carboxylic acids is 1. The summed E-state index contributed by atoms with van der Waals surface area (Å²) in [6.07, 6.45) is 1.90. The van der Waals surface area contributed by atoms with E-state index in [1.54, 1.807) is 12.1 Å². The summed E-state index contributed by atoms with van der Waals surface area (Å²) in [5.41, 5.74) is 7.76. The second kappa shape index (κ2) is 7.91. The van der Waals surface area contributed by atoms with Gasteiger partial charge in [0.2, 0.25) is 5.91 Å². The lowest BCUT2D eigenvalue weighted by atomic mass is 9.70. The molecule has 0 radical (unpaired) electrons. The smallest absolute Gasteiger partial charge is 0.223 e. The van der Waals surface area contributed by atoms with Crippen LogP contribution < -0.4 is 11.1 Å². The second-order valence-corrected chi connectivity index (χ2v) is 7.53. The van der Waals surface area contributed by atoms with Crippen molar-refractivity contribution in [3.63, 3.8) is 0 Å². The average molecular weight is 401 g/mol. The highest BCUT2D eigenvalue weighted by Gasteiger charge is 2.38. The molecule has 1 aliphatic carbocycles. The van der Waals surface area contributed by atoms with Gasteiger partial charge in [0.25, 0.3) is 0 Å². The molecule has 1 heterocycles. The van der Waals surface area contributed by atoms with E-state index in [1.165, 1.54) is 18.2 Å². The fourth-order valence-electron chi connectivity index (χ4n) is 4.03. The molecule has 1 aromatic heterocycles. The number of amides is 1. The van der Waals surface area contributed by atoms with Gasteiger partial charge in [0.1, 0.15) is 17.5 Å². The van der Waals surface area contributed by atoms with Gasteiger partial charge in [0.15, 0.2) is 0 Å². The maximum absolute atomic E-state index is 14.4. The van der Waals surface area contributed by atoms with Gasteiger partial charge in [-0.3, -0.25) is 4.79 Å². The zero-order chi connectivity index (χ0) is 20.5. The number of hydrogen-bond donors (Lipinski definition) is 3. The van der Waals surface area contributed by atoms with Crippen LogP contribution in [0.1, 0.15) is 30.7 Å². The molecule has 0 aliphatic heterocycles. The molecule has 4 nitrogen and oxygen atoms in total. The molecule has 4 rings (SSSR count). The molecule has 29 heavy (non-hydrogen) atoms. The Hall–Kier alpha value is -2.80. The number of nitrogens with two attached hydrogens (primary N) is 1. The van der Waals surface area contributed by atoms with E-state index in [4.69, 9.17) is 5.73 Å². The van der Waals surface area contributed by atoms with E-state index in [1.807, 2.05) is 0 Å². The summed E-state index contributed by atoms with van der Waals surface area (Å²) in [5.74, 6) is -1.88. The Morgan fingerprint density at radius 2 is 1.83 bits per heavy atom. The molecule has 0 atom stereocenters. The van der Waals surface area contributed by atoms with Gasteiger partial charge in [-0.2, -0.15) is 0 Å². The summed E-state index contributed by atoms with van der Waals surface area (Å²) in [4.78, 5) is 15.3. The summed E-state index contributed by atoms with van der Waals surface area (Å²) < 4.78 is 41.7. The zero-order valence-electron chi connectivity index (χ0n) is 15.8. The molecule has 7 heteroatoms. The number of carbonyl (C=O) groups is 1. The van der Waals surface area contributed by atoms with E-state index in [9.17, 15) is 18.0 Å². The van der Waals surface area contributed by atoms with E-state index in [-0.39, 0.29) is 29.1 Å². The van der Waals surface area contributed by atoms with E-state index in [0.717, 1.165) is 18.1 Å². The molecule has 0 saturated heterocycles. The third-order valence-electron chi connectivity index (χ3n) is 5.59. The monoisotopic (exact) mass is 401 g/mol. The van der Waals surface area contributed by atoms with Gasteiger partial charge < -0.3 is 16.0 Å². The van der Waals surface area contributed by atoms with Crippen molar-refractivity contribution in [2.75, 3.05) is 13.1 Å². The molecule has 0 bridgehead atoms. The Kier molecular flexibility index (Phi) is 5.32. The number of benzene rings is 2. The highest BCUT2D eigenvalue weighted by Crippen LogP contribution is 2.48. The minimum atomic E-state index is -0.676. The quantitative estimate of drug-likeness (QED) is 0.542. The molecular formula is C22H22F3N3O. The first-order chi connectivity index (χ1) is 14.0. The van der Waals surface area contributed by atoms with Crippen LogP contribution in [-0.4, -0.2) is 24.0 Å². The normalized spacial score (nSPS) is 18.6. The number of fused-ring (bicyclic) bond motifs is 1. The maximum Gasteiger partial charge on any atom is 0.223 e. The fourth-order valence-corrected chi connectivity index (χ4v) is 4.03. The van der Waals surface area contributed by atoms with Crippen LogP contribution in [0.4, 0.5) is 13.2 Å². The third kappa shape index (κ3) is 3.74. The number of H-pyrrole nitrogens is 1. The van der Waals surface area contributed by atoms with E-state index < -0.39 is 11.6 Å². The second-order valence-electron chi connectivity index (χ2n) is 7.53. The molecule has 152 valence electrons. The number of hydrogen-bond acceptors (Lipinski definition) is 2. The van der Waals surface area contributed by atoms with Crippen LogP contribution in [0.25, 0.3) is 22.2 Å². The van der Waals surface area contributed by atoms with Gasteiger partial charge in [0.05, 0.1) is 11.2 Å². The van der Waals surface area contributed by atoms with Crippen molar-refractivity contribution in [3.8, 4) is 11.3 Å². The molecule has 0 unspecified atom stereocenters. The first kappa shape index (κ1) is 19.5. The van der Waals surface area contributed by atoms with Gasteiger partial charge in [0, 0.05) is 23.9 Å². The molecule has 1 aliphatic rings. The number of aromatic nitrogens is 1. The van der Waals surface area contributed by atoms with Crippen molar-refractivity contribution >= 4 is 16.8 Å². The van der Waals surface area contributed by atoms with Gasteiger partial charge >= 0.3 is 0 Å². The Balaban J connectivity index is 1.67. The van der Waals surface area contributed by atoms with Crippen LogP contribution in [0.15, 0.2) is 36.4 Å². The predicted molar refractivity (Wildman–Crippen MR) is 106 cm³/mol. The van der Waals surface area contributed by atoms with Gasteiger partial charge in [-0.15, -0.1) is 0 Å². The predicted octanol–water partition coefficient (Wildman–Crippen LogP) is 4.21. The van der Waals surface area contributed by atoms with Gasteiger partial charge in [-0.25, -0.2) is 13.2 Å². The van der Waals surface area contributed by atoms with Crippen molar-refractivity contribution in [1.29, 1.82) is 0 Å². The lowest BCUT2D eigenvalue weighted by Gasteiger charge is -2.35. The summed E-state index contributed by atoms with van der Waals surface area (Å²) in [6, 6.07) is 8.02. The van der Waals surface area contributed by atoms with Gasteiger partial charge in [-0.05, 0) is 73.2 Å². The van der Waals surface area contributed by atoms with Crippen LogP contribution in [-0.2, 0) is 4.79 Å². The number of aromatic amines is 1. The van der Waals surface area contributed by atoms with E-state index in [0.29, 0.717) is 42.6 Å². The Bertz CT molecular complexity index is 1040. The average Bonchev–Trinajstić information content (AvgIpc) is 3.01. The van der Waals surface area contributed by atoms with Crippen LogP contribution in [0.2, 0.25) is 0 Å². The Morgan fingerprint density at radius 1 is 1.10 bits per heavy atom. The molecule has 1 saturated carbocycles. The SMILES string of the molecule is NCCCNC(=O)[C@H]1C[C@H](c2c(-c3ccc(F)cc3)[nH]c3c(F)cc(F)cc32)C1. The summed E-state index contributed by atoms with van der Waals surface area (Å²) in [5, 5.41) is 3.34. The van der Waals surface area contributed by atoms with Crippen LogP contribution in [0, 0.1) is 23.4 Å². The number of nitrogens with one attached hydrogen (secondary N) is 2. The molecule has 2 aromatic carbocycles. The molecule has 4 N–H and O–H groups in total. The maximum atomic E-state index is 14.4. The highest BCUT2D eigenvalue weighted by molar-refractivity contribution is 5.92. The van der Waals surface area contributed by atoms with Crippen molar-refractivity contribution in [2.24, 2.45) is 11.7 Å². The van der Waals surface area contributed by atoms with Crippen LogP contribution in [0.5, 0.6) is 0 Å². The van der Waals surface area contributed by atoms with Crippen molar-refractivity contribution in [2.45, 2.75) is 25.2 Å². The topological polar surface area (TPSA) is 70.9 Å². The van der Waals surface area contributed by atoms with E-state index >= 15 is 0 Å². The lowest BCUT2D eigenvalue weighted by molar-refractivity contribution is -0.127. The summed E-state index contributed by atoms with van der Waals surface area (Å²) >= 11 is 0. The van der Waals surface area contributed by atoms with Gasteiger partial charge in [-0.1, -0.05) is 0 Å². The summed E-state index contributed by atoms with van der Waals surface area (Å²) in [7, 11) is 0. The number of halogens is 3. The minimum absolute atomic E-state index is 0.0183. The number of rotatable bonds is 6. The largest absolute Gasteiger partial charge is 0.356 e.